The standard InChI is InChI=1S/C10H10N2S/c1-7(12-11)9-6-13-10-5-3-2-4-8(9)10/h2-6H,11H2,1H3. The van der Waals surface area contributed by atoms with Crippen molar-refractivity contribution in [3.05, 3.63) is 35.2 Å². The zero-order valence-corrected chi connectivity index (χ0v) is 8.14. The molecule has 2 N–H and O–H groups in total. The molecule has 13 heavy (non-hydrogen) atoms. The lowest BCUT2D eigenvalue weighted by atomic mass is 10.1. The van der Waals surface area contributed by atoms with E-state index in [0.717, 1.165) is 11.3 Å². The molecule has 1 heterocycles. The normalized spacial score (nSPS) is 12.2. The van der Waals surface area contributed by atoms with E-state index in [1.165, 1.54) is 10.1 Å². The molecule has 0 atom stereocenters. The van der Waals surface area contributed by atoms with Crippen molar-refractivity contribution in [1.29, 1.82) is 0 Å². The van der Waals surface area contributed by atoms with E-state index in [0.29, 0.717) is 0 Å². The molecule has 0 bridgehead atoms. The van der Waals surface area contributed by atoms with E-state index >= 15 is 0 Å². The predicted octanol–water partition coefficient (Wildman–Crippen LogP) is 2.58. The van der Waals surface area contributed by atoms with E-state index < -0.39 is 0 Å². The van der Waals surface area contributed by atoms with Gasteiger partial charge in [-0.3, -0.25) is 0 Å². The molecule has 0 aliphatic carbocycles. The summed E-state index contributed by atoms with van der Waals surface area (Å²) in [6, 6.07) is 8.27. The van der Waals surface area contributed by atoms with Gasteiger partial charge in [-0.15, -0.1) is 11.3 Å². The van der Waals surface area contributed by atoms with Crippen LogP contribution in [-0.2, 0) is 0 Å². The summed E-state index contributed by atoms with van der Waals surface area (Å²) in [7, 11) is 0. The number of benzene rings is 1. The molecule has 0 unspecified atom stereocenters. The number of rotatable bonds is 1. The molecular weight excluding hydrogens is 180 g/mol. The molecule has 1 aromatic heterocycles. The third-order valence-electron chi connectivity index (χ3n) is 2.06. The smallest absolute Gasteiger partial charge is 0.0656 e. The van der Waals surface area contributed by atoms with Gasteiger partial charge in [-0.1, -0.05) is 18.2 Å². The number of thiophene rings is 1. The van der Waals surface area contributed by atoms with Gasteiger partial charge in [0.05, 0.1) is 5.71 Å². The quantitative estimate of drug-likeness (QED) is 0.419. The molecule has 0 fully saturated rings. The van der Waals surface area contributed by atoms with Crippen molar-refractivity contribution in [2.45, 2.75) is 6.92 Å². The van der Waals surface area contributed by atoms with Crippen molar-refractivity contribution in [3.63, 3.8) is 0 Å². The molecule has 1 aromatic carbocycles. The van der Waals surface area contributed by atoms with Crippen molar-refractivity contribution in [3.8, 4) is 0 Å². The molecule has 2 nitrogen and oxygen atoms in total. The molecule has 0 aliphatic heterocycles. The molecule has 0 amide bonds. The predicted molar refractivity (Wildman–Crippen MR) is 58.2 cm³/mol. The van der Waals surface area contributed by atoms with E-state index in [1.54, 1.807) is 11.3 Å². The van der Waals surface area contributed by atoms with Crippen LogP contribution in [0.3, 0.4) is 0 Å². The summed E-state index contributed by atoms with van der Waals surface area (Å²) < 4.78 is 1.28. The molecular formula is C10H10N2S. The molecule has 0 spiro atoms. The van der Waals surface area contributed by atoms with Crippen LogP contribution in [0.1, 0.15) is 12.5 Å². The summed E-state index contributed by atoms with van der Waals surface area (Å²) in [6.45, 7) is 1.93. The van der Waals surface area contributed by atoms with Crippen molar-refractivity contribution in [2.24, 2.45) is 10.9 Å². The van der Waals surface area contributed by atoms with Gasteiger partial charge in [0.2, 0.25) is 0 Å². The van der Waals surface area contributed by atoms with Crippen LogP contribution < -0.4 is 5.84 Å². The number of hydrazone groups is 1. The van der Waals surface area contributed by atoms with E-state index in [4.69, 9.17) is 5.84 Å². The molecule has 2 rings (SSSR count). The minimum Gasteiger partial charge on any atom is -0.323 e. The Morgan fingerprint density at radius 1 is 1.38 bits per heavy atom. The Kier molecular flexibility index (Phi) is 2.02. The molecule has 0 saturated heterocycles. The number of hydrogen-bond donors (Lipinski definition) is 1. The highest BCUT2D eigenvalue weighted by Gasteiger charge is 2.04. The topological polar surface area (TPSA) is 38.4 Å². The Hall–Kier alpha value is -1.35. The zero-order chi connectivity index (χ0) is 9.26. The van der Waals surface area contributed by atoms with Gasteiger partial charge in [0, 0.05) is 21.0 Å². The maximum atomic E-state index is 5.25. The second kappa shape index (κ2) is 3.18. The average molecular weight is 190 g/mol. The molecule has 66 valence electrons. The highest BCUT2D eigenvalue weighted by molar-refractivity contribution is 7.17. The first-order chi connectivity index (χ1) is 6.33. The first-order valence-electron chi connectivity index (χ1n) is 4.04. The van der Waals surface area contributed by atoms with Gasteiger partial charge in [0.15, 0.2) is 0 Å². The summed E-state index contributed by atoms with van der Waals surface area (Å²) in [5.41, 5.74) is 2.03. The number of nitrogens with zero attached hydrogens (tertiary/aromatic N) is 1. The van der Waals surface area contributed by atoms with E-state index in [2.05, 4.69) is 22.6 Å². The Balaban J connectivity index is 2.71. The maximum Gasteiger partial charge on any atom is 0.0656 e. The molecule has 0 saturated carbocycles. The van der Waals surface area contributed by atoms with Gasteiger partial charge < -0.3 is 5.84 Å². The third kappa shape index (κ3) is 1.31. The second-order valence-corrected chi connectivity index (χ2v) is 3.77. The van der Waals surface area contributed by atoms with Crippen LogP contribution in [0.15, 0.2) is 34.7 Å². The molecule has 0 aliphatic rings. The minimum absolute atomic E-state index is 0.887. The van der Waals surface area contributed by atoms with E-state index in [-0.39, 0.29) is 0 Å². The van der Waals surface area contributed by atoms with Crippen molar-refractivity contribution < 1.29 is 0 Å². The first-order valence-corrected chi connectivity index (χ1v) is 4.92. The van der Waals surface area contributed by atoms with Crippen LogP contribution in [0, 0.1) is 0 Å². The Bertz CT molecular complexity index is 457. The average Bonchev–Trinajstić information content (AvgIpc) is 2.60. The number of fused-ring (bicyclic) bond motifs is 1. The summed E-state index contributed by atoms with van der Waals surface area (Å²) in [5.74, 6) is 5.25. The Labute approximate surface area is 80.7 Å². The Morgan fingerprint density at radius 3 is 2.92 bits per heavy atom. The molecule has 3 heteroatoms. The van der Waals surface area contributed by atoms with Gasteiger partial charge >= 0.3 is 0 Å². The third-order valence-corrected chi connectivity index (χ3v) is 3.03. The SMILES string of the molecule is CC(=NN)c1csc2ccccc12. The van der Waals surface area contributed by atoms with Gasteiger partial charge in [-0.25, -0.2) is 0 Å². The second-order valence-electron chi connectivity index (χ2n) is 2.86. The van der Waals surface area contributed by atoms with Crippen molar-refractivity contribution in [1.82, 2.24) is 0 Å². The van der Waals surface area contributed by atoms with Crippen molar-refractivity contribution in [2.75, 3.05) is 0 Å². The minimum atomic E-state index is 0.887. The molecule has 2 aromatic rings. The van der Waals surface area contributed by atoms with Gasteiger partial charge in [0.25, 0.3) is 0 Å². The van der Waals surface area contributed by atoms with Gasteiger partial charge in [-0.05, 0) is 13.0 Å². The lowest BCUT2D eigenvalue weighted by Crippen LogP contribution is -1.96. The number of hydrogen-bond acceptors (Lipinski definition) is 3. The highest BCUT2D eigenvalue weighted by Crippen LogP contribution is 2.25. The lowest BCUT2D eigenvalue weighted by Gasteiger charge is -1.95. The summed E-state index contributed by atoms with van der Waals surface area (Å²) in [6.07, 6.45) is 0. The van der Waals surface area contributed by atoms with Gasteiger partial charge in [0.1, 0.15) is 0 Å². The Morgan fingerprint density at radius 2 is 2.15 bits per heavy atom. The summed E-state index contributed by atoms with van der Waals surface area (Å²) in [4.78, 5) is 0. The fraction of sp³-hybridized carbons (Fsp3) is 0.100. The van der Waals surface area contributed by atoms with Crippen LogP contribution in [0.25, 0.3) is 10.1 Å². The monoisotopic (exact) mass is 190 g/mol. The van der Waals surface area contributed by atoms with Crippen molar-refractivity contribution >= 4 is 27.1 Å². The fourth-order valence-electron chi connectivity index (χ4n) is 1.33. The zero-order valence-electron chi connectivity index (χ0n) is 7.32. The van der Waals surface area contributed by atoms with E-state index in [1.807, 2.05) is 19.1 Å². The summed E-state index contributed by atoms with van der Waals surface area (Å²) in [5, 5.41) is 7.03. The van der Waals surface area contributed by atoms with Crippen LogP contribution in [0.5, 0.6) is 0 Å². The fourth-order valence-corrected chi connectivity index (χ4v) is 2.33. The van der Waals surface area contributed by atoms with Crippen LogP contribution >= 0.6 is 11.3 Å². The van der Waals surface area contributed by atoms with Gasteiger partial charge in [-0.2, -0.15) is 5.10 Å². The summed E-state index contributed by atoms with van der Waals surface area (Å²) >= 11 is 1.72. The number of nitrogens with two attached hydrogens (primary N) is 1. The van der Waals surface area contributed by atoms with Crippen LogP contribution in [-0.4, -0.2) is 5.71 Å². The molecule has 0 radical (unpaired) electrons. The largest absolute Gasteiger partial charge is 0.323 e. The lowest BCUT2D eigenvalue weighted by molar-refractivity contribution is 1.24. The van der Waals surface area contributed by atoms with Crippen LogP contribution in [0.2, 0.25) is 0 Å². The highest BCUT2D eigenvalue weighted by atomic mass is 32.1. The first kappa shape index (κ1) is 8.26. The van der Waals surface area contributed by atoms with E-state index in [9.17, 15) is 0 Å². The van der Waals surface area contributed by atoms with Crippen LogP contribution in [0.4, 0.5) is 0 Å². The maximum absolute atomic E-state index is 5.25.